The monoisotopic (exact) mass is 600 g/mol. The van der Waals surface area contributed by atoms with Crippen LogP contribution in [-0.2, 0) is 9.59 Å². The quantitative estimate of drug-likeness (QED) is 0.163. The molecule has 1 aliphatic rings. The third kappa shape index (κ3) is 4.30. The number of anilines is 1. The molecular formula is C26H18BrClN2O6S. The maximum absolute atomic E-state index is 13.4. The Kier molecular flexibility index (Phi) is 6.57. The Balaban J connectivity index is 1.76. The fourth-order valence-corrected chi connectivity index (χ4v) is 5.87. The molecule has 37 heavy (non-hydrogen) atoms. The third-order valence-electron chi connectivity index (χ3n) is 5.94. The van der Waals surface area contributed by atoms with Gasteiger partial charge in [0.15, 0.2) is 16.6 Å². The number of carbonyl (C=O) groups excluding carboxylic acids is 2. The number of aliphatic hydroxyl groups excluding tert-OH is 1. The summed E-state index contributed by atoms with van der Waals surface area (Å²) in [6.45, 7) is 0. The van der Waals surface area contributed by atoms with E-state index in [-0.39, 0.29) is 32.4 Å². The molecule has 1 aliphatic heterocycles. The number of benzene rings is 3. The highest BCUT2D eigenvalue weighted by Gasteiger charge is 2.48. The van der Waals surface area contributed by atoms with E-state index < -0.39 is 17.7 Å². The number of rotatable bonds is 5. The molecule has 5 rings (SSSR count). The van der Waals surface area contributed by atoms with Crippen LogP contribution in [0.4, 0.5) is 5.13 Å². The number of phenols is 1. The number of aromatic nitrogens is 1. The molecule has 2 N–H and O–H groups in total. The predicted molar refractivity (Wildman–Crippen MR) is 145 cm³/mol. The smallest absolute Gasteiger partial charge is 0.301 e. The predicted octanol–water partition coefficient (Wildman–Crippen LogP) is 6.06. The zero-order valence-corrected chi connectivity index (χ0v) is 22.5. The highest BCUT2D eigenvalue weighted by Crippen LogP contribution is 2.47. The number of Topliss-reactive ketones (excluding diaryl/α,β-unsaturated/α-hetero) is 1. The van der Waals surface area contributed by atoms with Crippen molar-refractivity contribution in [1.82, 2.24) is 4.98 Å². The van der Waals surface area contributed by atoms with Crippen LogP contribution in [0.15, 0.2) is 64.6 Å². The summed E-state index contributed by atoms with van der Waals surface area (Å²) in [7, 11) is 2.90. The number of fused-ring (bicyclic) bond motifs is 1. The van der Waals surface area contributed by atoms with Gasteiger partial charge in [-0.2, -0.15) is 0 Å². The zero-order valence-electron chi connectivity index (χ0n) is 19.4. The highest BCUT2D eigenvalue weighted by molar-refractivity contribution is 9.10. The lowest BCUT2D eigenvalue weighted by atomic mass is 9.95. The van der Waals surface area contributed by atoms with E-state index in [1.165, 1.54) is 36.5 Å². The van der Waals surface area contributed by atoms with E-state index in [0.29, 0.717) is 27.4 Å². The van der Waals surface area contributed by atoms with Crippen molar-refractivity contribution in [3.8, 4) is 17.2 Å². The zero-order chi connectivity index (χ0) is 26.4. The minimum Gasteiger partial charge on any atom is -0.507 e. The van der Waals surface area contributed by atoms with Crippen molar-refractivity contribution in [1.29, 1.82) is 0 Å². The first-order valence-corrected chi connectivity index (χ1v) is 12.8. The van der Waals surface area contributed by atoms with Crippen molar-refractivity contribution in [2.24, 2.45) is 0 Å². The number of halogens is 2. The van der Waals surface area contributed by atoms with Crippen molar-refractivity contribution in [3.05, 3.63) is 80.8 Å². The first kappa shape index (κ1) is 25.1. The van der Waals surface area contributed by atoms with Crippen LogP contribution in [0, 0.1) is 0 Å². The van der Waals surface area contributed by atoms with Gasteiger partial charge in [0.25, 0.3) is 5.78 Å². The molecule has 1 amide bonds. The molecule has 0 saturated carbocycles. The van der Waals surface area contributed by atoms with Crippen LogP contribution in [0.5, 0.6) is 17.2 Å². The standard InChI is InChI=1S/C26H18BrClN2O6S/c1-35-15-6-3-12(4-7-15)22(31)20-21(13-9-16(27)23(32)18(10-13)36-2)30(25(34)24(20)33)26-29-17-8-5-14(28)11-19(17)37-26/h3-11,21,31-32H,1-2H3/b22-20+. The number of amides is 1. The van der Waals surface area contributed by atoms with Crippen molar-refractivity contribution >= 4 is 71.7 Å². The number of methoxy groups -OCH3 is 2. The summed E-state index contributed by atoms with van der Waals surface area (Å²) >= 11 is 10.6. The van der Waals surface area contributed by atoms with Crippen LogP contribution in [0.3, 0.4) is 0 Å². The van der Waals surface area contributed by atoms with E-state index in [0.717, 1.165) is 4.70 Å². The number of nitrogens with zero attached hydrogens (tertiary/aromatic N) is 2. The third-order valence-corrected chi connectivity index (χ3v) is 7.80. The Hall–Kier alpha value is -3.60. The molecule has 11 heteroatoms. The molecule has 1 unspecified atom stereocenters. The molecule has 1 aromatic heterocycles. The van der Waals surface area contributed by atoms with E-state index >= 15 is 0 Å². The van der Waals surface area contributed by atoms with Gasteiger partial charge in [0.1, 0.15) is 11.5 Å². The number of thiazole rings is 1. The molecular weight excluding hydrogens is 584 g/mol. The maximum atomic E-state index is 13.4. The second-order valence-electron chi connectivity index (χ2n) is 8.06. The van der Waals surface area contributed by atoms with Crippen LogP contribution in [0.25, 0.3) is 16.0 Å². The van der Waals surface area contributed by atoms with E-state index in [2.05, 4.69) is 20.9 Å². The Labute approximate surface area is 228 Å². The van der Waals surface area contributed by atoms with Gasteiger partial charge in [0.2, 0.25) is 0 Å². The van der Waals surface area contributed by atoms with Crippen molar-refractivity contribution in [2.75, 3.05) is 19.1 Å². The fraction of sp³-hybridized carbons (Fsp3) is 0.115. The lowest BCUT2D eigenvalue weighted by Crippen LogP contribution is -2.29. The van der Waals surface area contributed by atoms with Gasteiger partial charge >= 0.3 is 5.91 Å². The van der Waals surface area contributed by atoms with Gasteiger partial charge in [0.05, 0.1) is 40.5 Å². The summed E-state index contributed by atoms with van der Waals surface area (Å²) in [5.41, 5.74) is 1.20. The molecule has 1 fully saturated rings. The van der Waals surface area contributed by atoms with E-state index in [1.54, 1.807) is 48.5 Å². The number of hydrogen-bond acceptors (Lipinski definition) is 8. The normalized spacial score (nSPS) is 17.0. The molecule has 1 atom stereocenters. The average molecular weight is 602 g/mol. The van der Waals surface area contributed by atoms with Crippen LogP contribution in [0.2, 0.25) is 5.02 Å². The van der Waals surface area contributed by atoms with Gasteiger partial charge in [-0.05, 0) is 76.1 Å². The minimum absolute atomic E-state index is 0.121. The number of carbonyl (C=O) groups is 2. The molecule has 3 aromatic carbocycles. The van der Waals surface area contributed by atoms with Gasteiger partial charge in [-0.15, -0.1) is 0 Å². The van der Waals surface area contributed by atoms with Gasteiger partial charge < -0.3 is 19.7 Å². The molecule has 1 saturated heterocycles. The number of ether oxygens (including phenoxy) is 2. The lowest BCUT2D eigenvalue weighted by molar-refractivity contribution is -0.132. The Morgan fingerprint density at radius 1 is 1.08 bits per heavy atom. The first-order chi connectivity index (χ1) is 17.7. The Morgan fingerprint density at radius 2 is 1.81 bits per heavy atom. The van der Waals surface area contributed by atoms with Crippen LogP contribution < -0.4 is 14.4 Å². The number of ketones is 1. The summed E-state index contributed by atoms with van der Waals surface area (Å²) in [6, 6.07) is 13.6. The molecule has 188 valence electrons. The molecule has 0 spiro atoms. The van der Waals surface area contributed by atoms with Gasteiger partial charge in [-0.3, -0.25) is 14.5 Å². The molecule has 4 aromatic rings. The summed E-state index contributed by atoms with van der Waals surface area (Å²) in [4.78, 5) is 32.7. The van der Waals surface area contributed by atoms with Crippen LogP contribution in [0.1, 0.15) is 17.2 Å². The summed E-state index contributed by atoms with van der Waals surface area (Å²) in [6.07, 6.45) is 0. The second-order valence-corrected chi connectivity index (χ2v) is 10.4. The maximum Gasteiger partial charge on any atom is 0.301 e. The average Bonchev–Trinajstić information content (AvgIpc) is 3.42. The van der Waals surface area contributed by atoms with Gasteiger partial charge in [-0.25, -0.2) is 4.98 Å². The van der Waals surface area contributed by atoms with Gasteiger partial charge in [0, 0.05) is 10.6 Å². The van der Waals surface area contributed by atoms with E-state index in [4.69, 9.17) is 21.1 Å². The number of phenolic OH excluding ortho intramolecular Hbond substituents is 1. The SMILES string of the molecule is COc1ccc(/C(O)=C2\C(=O)C(=O)N(c3nc4ccc(Cl)cc4s3)C2c2cc(Br)c(O)c(OC)c2)cc1. The summed E-state index contributed by atoms with van der Waals surface area (Å²) < 4.78 is 11.5. The van der Waals surface area contributed by atoms with Crippen molar-refractivity contribution in [2.45, 2.75) is 6.04 Å². The largest absolute Gasteiger partial charge is 0.507 e. The lowest BCUT2D eigenvalue weighted by Gasteiger charge is -2.24. The fourth-order valence-electron chi connectivity index (χ4n) is 4.15. The number of aromatic hydroxyl groups is 1. The van der Waals surface area contributed by atoms with Crippen LogP contribution >= 0.6 is 38.9 Å². The van der Waals surface area contributed by atoms with Crippen molar-refractivity contribution in [3.63, 3.8) is 0 Å². The molecule has 2 heterocycles. The molecule has 8 nitrogen and oxygen atoms in total. The minimum atomic E-state index is -1.07. The summed E-state index contributed by atoms with van der Waals surface area (Å²) in [5, 5.41) is 22.4. The number of aliphatic hydroxyl groups is 1. The molecule has 0 bridgehead atoms. The summed E-state index contributed by atoms with van der Waals surface area (Å²) in [5.74, 6) is -1.55. The Bertz CT molecular complexity index is 1600. The highest BCUT2D eigenvalue weighted by atomic mass is 79.9. The van der Waals surface area contributed by atoms with E-state index in [1.807, 2.05) is 0 Å². The van der Waals surface area contributed by atoms with Crippen LogP contribution in [-0.4, -0.2) is 41.1 Å². The topological polar surface area (TPSA) is 109 Å². The number of hydrogen-bond donors (Lipinski definition) is 2. The van der Waals surface area contributed by atoms with E-state index in [9.17, 15) is 19.8 Å². The second kappa shape index (κ2) is 9.70. The Morgan fingerprint density at radius 3 is 2.49 bits per heavy atom. The van der Waals surface area contributed by atoms with Crippen molar-refractivity contribution < 1.29 is 29.3 Å². The van der Waals surface area contributed by atoms with Gasteiger partial charge in [-0.1, -0.05) is 22.9 Å². The molecule has 0 aliphatic carbocycles. The first-order valence-electron chi connectivity index (χ1n) is 10.8. The molecule has 0 radical (unpaired) electrons.